The van der Waals surface area contributed by atoms with Gasteiger partial charge in [-0.3, -0.25) is 0 Å². The largest absolute Gasteiger partial charge is 0.381 e. The van der Waals surface area contributed by atoms with Crippen molar-refractivity contribution in [1.82, 2.24) is 5.16 Å². The zero-order valence-corrected chi connectivity index (χ0v) is 9.38. The summed E-state index contributed by atoms with van der Waals surface area (Å²) >= 11 is 5.93. The third kappa shape index (κ3) is 1.76. The van der Waals surface area contributed by atoms with Crippen LogP contribution in [0.5, 0.6) is 0 Å². The predicted molar refractivity (Wildman–Crippen MR) is 60.7 cm³/mol. The highest BCUT2D eigenvalue weighted by Gasteiger charge is 2.16. The molecule has 1 heterocycles. The average molecular weight is 241 g/mol. The van der Waals surface area contributed by atoms with Crippen LogP contribution in [-0.4, -0.2) is 5.16 Å². The van der Waals surface area contributed by atoms with E-state index < -0.39 is 0 Å². The highest BCUT2D eigenvalue weighted by Crippen LogP contribution is 2.33. The first-order valence-corrected chi connectivity index (χ1v) is 5.20. The van der Waals surface area contributed by atoms with Crippen LogP contribution in [0.3, 0.4) is 0 Å². The van der Waals surface area contributed by atoms with Crippen molar-refractivity contribution in [1.29, 1.82) is 0 Å². The Morgan fingerprint density at radius 3 is 2.88 bits per heavy atom. The van der Waals surface area contributed by atoms with E-state index in [-0.39, 0.29) is 10.8 Å². The van der Waals surface area contributed by atoms with E-state index in [1.54, 1.807) is 6.07 Å². The fourth-order valence-electron chi connectivity index (χ4n) is 1.55. The van der Waals surface area contributed by atoms with Gasteiger partial charge in [-0.05, 0) is 24.6 Å². The summed E-state index contributed by atoms with van der Waals surface area (Å²) in [5.74, 6) is 0.460. The second-order valence-electron chi connectivity index (χ2n) is 3.35. The van der Waals surface area contributed by atoms with Crippen molar-refractivity contribution in [3.05, 3.63) is 34.6 Å². The molecule has 0 aliphatic rings. The van der Waals surface area contributed by atoms with Crippen LogP contribution in [0.2, 0.25) is 5.02 Å². The van der Waals surface area contributed by atoms with Crippen molar-refractivity contribution >= 4 is 17.4 Å². The summed E-state index contributed by atoms with van der Waals surface area (Å²) in [5.41, 5.74) is 7.03. The zero-order chi connectivity index (χ0) is 11.7. The molecule has 0 bridgehead atoms. The topological polar surface area (TPSA) is 52.0 Å². The first-order chi connectivity index (χ1) is 7.63. The van der Waals surface area contributed by atoms with E-state index in [2.05, 4.69) is 5.16 Å². The second kappa shape index (κ2) is 4.14. The van der Waals surface area contributed by atoms with Gasteiger partial charge in [-0.1, -0.05) is 23.7 Å². The first-order valence-electron chi connectivity index (χ1n) is 4.83. The van der Waals surface area contributed by atoms with Gasteiger partial charge in [-0.15, -0.1) is 0 Å². The lowest BCUT2D eigenvalue weighted by atomic mass is 10.1. The summed E-state index contributed by atoms with van der Waals surface area (Å²) in [4.78, 5) is 0. The number of nitrogens with two attached hydrogens (primary N) is 1. The highest BCUT2D eigenvalue weighted by molar-refractivity contribution is 6.33. The van der Waals surface area contributed by atoms with Gasteiger partial charge < -0.3 is 10.3 Å². The van der Waals surface area contributed by atoms with Crippen LogP contribution in [0, 0.1) is 5.82 Å². The molecule has 0 fully saturated rings. The lowest BCUT2D eigenvalue weighted by molar-refractivity contribution is 0.435. The standard InChI is InChI=1S/C11H10ClFN2O/c1-2-7-10(16-15-11(7)14)8-4-3-6(13)5-9(8)12/h3-5H,2H2,1H3,(H2,14,15). The van der Waals surface area contributed by atoms with Crippen LogP contribution >= 0.6 is 11.6 Å². The van der Waals surface area contributed by atoms with Gasteiger partial charge in [-0.2, -0.15) is 0 Å². The van der Waals surface area contributed by atoms with Crippen LogP contribution < -0.4 is 5.73 Å². The molecule has 0 spiro atoms. The van der Waals surface area contributed by atoms with Crippen LogP contribution in [-0.2, 0) is 6.42 Å². The lowest BCUT2D eigenvalue weighted by Gasteiger charge is -2.02. The number of nitrogens with zero attached hydrogens (tertiary/aromatic N) is 1. The fraction of sp³-hybridized carbons (Fsp3) is 0.182. The second-order valence-corrected chi connectivity index (χ2v) is 3.76. The molecule has 84 valence electrons. The Morgan fingerprint density at radius 2 is 2.25 bits per heavy atom. The van der Waals surface area contributed by atoms with Gasteiger partial charge in [0.1, 0.15) is 5.82 Å². The molecule has 0 radical (unpaired) electrons. The van der Waals surface area contributed by atoms with Gasteiger partial charge in [0.25, 0.3) is 0 Å². The van der Waals surface area contributed by atoms with E-state index in [1.807, 2.05) is 6.92 Å². The molecule has 16 heavy (non-hydrogen) atoms. The molecule has 3 nitrogen and oxygen atoms in total. The minimum absolute atomic E-state index is 0.283. The van der Waals surface area contributed by atoms with Crippen molar-refractivity contribution in [2.75, 3.05) is 5.73 Å². The van der Waals surface area contributed by atoms with E-state index in [0.717, 1.165) is 5.56 Å². The molecule has 2 rings (SSSR count). The molecule has 2 aromatic rings. The third-order valence-electron chi connectivity index (χ3n) is 2.35. The Balaban J connectivity index is 2.58. The van der Waals surface area contributed by atoms with Gasteiger partial charge in [0, 0.05) is 11.1 Å². The molecular weight excluding hydrogens is 231 g/mol. The van der Waals surface area contributed by atoms with Gasteiger partial charge in [-0.25, -0.2) is 4.39 Å². The Kier molecular flexibility index (Phi) is 2.83. The monoisotopic (exact) mass is 240 g/mol. The van der Waals surface area contributed by atoms with E-state index in [0.29, 0.717) is 23.6 Å². The molecular formula is C11H10ClFN2O. The number of anilines is 1. The number of nitrogen functional groups attached to an aromatic ring is 1. The fourth-order valence-corrected chi connectivity index (χ4v) is 1.80. The number of benzene rings is 1. The van der Waals surface area contributed by atoms with Crippen molar-refractivity contribution in [2.24, 2.45) is 0 Å². The first kappa shape index (κ1) is 11.0. The van der Waals surface area contributed by atoms with Crippen molar-refractivity contribution in [2.45, 2.75) is 13.3 Å². The summed E-state index contributed by atoms with van der Waals surface area (Å²) in [6, 6.07) is 4.10. The number of halogens is 2. The quantitative estimate of drug-likeness (QED) is 0.876. The summed E-state index contributed by atoms with van der Waals surface area (Å²) in [6.07, 6.45) is 0.679. The SMILES string of the molecule is CCc1c(N)noc1-c1ccc(F)cc1Cl. The molecule has 0 unspecified atom stereocenters. The van der Waals surface area contributed by atoms with E-state index in [4.69, 9.17) is 21.9 Å². The maximum atomic E-state index is 12.9. The minimum atomic E-state index is -0.390. The molecule has 1 aromatic carbocycles. The molecule has 0 amide bonds. The molecule has 1 aromatic heterocycles. The number of rotatable bonds is 2. The summed E-state index contributed by atoms with van der Waals surface area (Å²) in [6.45, 7) is 1.93. The van der Waals surface area contributed by atoms with E-state index in [9.17, 15) is 4.39 Å². The molecule has 0 saturated carbocycles. The van der Waals surface area contributed by atoms with Crippen LogP contribution in [0.4, 0.5) is 10.2 Å². The zero-order valence-electron chi connectivity index (χ0n) is 8.63. The average Bonchev–Trinajstić information content (AvgIpc) is 2.59. The normalized spacial score (nSPS) is 10.7. The Labute approximate surface area is 97.0 Å². The van der Waals surface area contributed by atoms with Crippen LogP contribution in [0.1, 0.15) is 12.5 Å². The summed E-state index contributed by atoms with van der Waals surface area (Å²) in [7, 11) is 0. The van der Waals surface area contributed by atoms with Crippen molar-refractivity contribution in [3.63, 3.8) is 0 Å². The molecule has 0 atom stereocenters. The maximum Gasteiger partial charge on any atom is 0.173 e. The van der Waals surface area contributed by atoms with Gasteiger partial charge in [0.05, 0.1) is 5.02 Å². The Morgan fingerprint density at radius 1 is 1.50 bits per heavy atom. The molecule has 2 N–H and O–H groups in total. The van der Waals surface area contributed by atoms with E-state index in [1.165, 1.54) is 12.1 Å². The van der Waals surface area contributed by atoms with Crippen molar-refractivity contribution in [3.8, 4) is 11.3 Å². The highest BCUT2D eigenvalue weighted by atomic mass is 35.5. The van der Waals surface area contributed by atoms with E-state index >= 15 is 0 Å². The number of hydrogen-bond donors (Lipinski definition) is 1. The summed E-state index contributed by atoms with van der Waals surface area (Å²) < 4.78 is 18.0. The summed E-state index contributed by atoms with van der Waals surface area (Å²) in [5, 5.41) is 3.96. The van der Waals surface area contributed by atoms with Gasteiger partial charge in [0.2, 0.25) is 0 Å². The van der Waals surface area contributed by atoms with Gasteiger partial charge >= 0.3 is 0 Å². The Bertz CT molecular complexity index is 525. The minimum Gasteiger partial charge on any atom is -0.381 e. The molecule has 0 saturated heterocycles. The van der Waals surface area contributed by atoms with Crippen molar-refractivity contribution < 1.29 is 8.91 Å². The van der Waals surface area contributed by atoms with Crippen LogP contribution in [0.15, 0.2) is 22.7 Å². The van der Waals surface area contributed by atoms with Crippen LogP contribution in [0.25, 0.3) is 11.3 Å². The maximum absolute atomic E-state index is 12.9. The number of aromatic nitrogens is 1. The molecule has 0 aliphatic heterocycles. The Hall–Kier alpha value is -1.55. The third-order valence-corrected chi connectivity index (χ3v) is 2.66. The van der Waals surface area contributed by atoms with Gasteiger partial charge in [0.15, 0.2) is 11.6 Å². The lowest BCUT2D eigenvalue weighted by Crippen LogP contribution is -1.91. The smallest absolute Gasteiger partial charge is 0.173 e. The molecule has 5 heteroatoms. The predicted octanol–water partition coefficient (Wildman–Crippen LogP) is 3.28. The molecule has 0 aliphatic carbocycles. The number of hydrogen-bond acceptors (Lipinski definition) is 3.